The van der Waals surface area contributed by atoms with Crippen molar-refractivity contribution in [1.29, 1.82) is 0 Å². The fourth-order valence-corrected chi connectivity index (χ4v) is 5.81. The van der Waals surface area contributed by atoms with Crippen LogP contribution < -0.4 is 0 Å². The molecule has 10 heteroatoms. The third-order valence-corrected chi connectivity index (χ3v) is 8.30. The fraction of sp³-hybridized carbons (Fsp3) is 0.400. The Hall–Kier alpha value is -1.75. The molecule has 0 aliphatic carbocycles. The lowest BCUT2D eigenvalue weighted by molar-refractivity contribution is 0.272. The van der Waals surface area contributed by atoms with Crippen LogP contribution in [0.15, 0.2) is 46.3 Å². The minimum atomic E-state index is -3.68. The van der Waals surface area contributed by atoms with Crippen LogP contribution >= 0.6 is 0 Å². The second-order valence-corrected chi connectivity index (χ2v) is 9.68. The van der Waals surface area contributed by atoms with Crippen LogP contribution in [0.5, 0.6) is 0 Å². The van der Waals surface area contributed by atoms with Crippen LogP contribution in [0.1, 0.15) is 5.69 Å². The van der Waals surface area contributed by atoms with E-state index < -0.39 is 20.0 Å². The molecule has 1 aliphatic heterocycles. The van der Waals surface area contributed by atoms with Gasteiger partial charge in [-0.25, -0.2) is 16.8 Å². The van der Waals surface area contributed by atoms with Crippen molar-refractivity contribution in [3.05, 3.63) is 42.2 Å². The van der Waals surface area contributed by atoms with Crippen molar-refractivity contribution in [1.82, 2.24) is 18.4 Å². The van der Waals surface area contributed by atoms with Crippen LogP contribution in [0, 0.1) is 6.92 Å². The van der Waals surface area contributed by atoms with E-state index in [1.807, 2.05) is 0 Å². The third kappa shape index (κ3) is 3.22. The number of hydrogen-bond acceptors (Lipinski definition) is 5. The Morgan fingerprint density at radius 1 is 0.880 bits per heavy atom. The summed E-state index contributed by atoms with van der Waals surface area (Å²) in [4.78, 5) is 0.378. The summed E-state index contributed by atoms with van der Waals surface area (Å²) in [5.41, 5.74) is 0.555. The molecule has 1 aromatic heterocycles. The Balaban J connectivity index is 1.77. The zero-order valence-corrected chi connectivity index (χ0v) is 15.7. The van der Waals surface area contributed by atoms with E-state index in [1.54, 1.807) is 32.2 Å². The summed E-state index contributed by atoms with van der Waals surface area (Å²) in [5.74, 6) is 0. The van der Waals surface area contributed by atoms with Gasteiger partial charge in [0, 0.05) is 33.2 Å². The van der Waals surface area contributed by atoms with E-state index in [0.29, 0.717) is 5.69 Å². The standard InChI is InChI=1S/C15H20N4O4S2/c1-13-15(12-16-17(13)2)25(22,23)19-10-8-18(9-11-19)24(20,21)14-6-4-3-5-7-14/h3-7,12H,8-11H2,1-2H3. The van der Waals surface area contributed by atoms with Gasteiger partial charge in [0.2, 0.25) is 20.0 Å². The molecule has 0 atom stereocenters. The Kier molecular flexibility index (Phi) is 4.71. The number of benzene rings is 1. The molecule has 0 unspecified atom stereocenters. The first-order valence-electron chi connectivity index (χ1n) is 7.78. The van der Waals surface area contributed by atoms with Crippen molar-refractivity contribution in [3.63, 3.8) is 0 Å². The van der Waals surface area contributed by atoms with Crippen molar-refractivity contribution in [3.8, 4) is 0 Å². The Morgan fingerprint density at radius 3 is 1.88 bits per heavy atom. The molecule has 136 valence electrons. The van der Waals surface area contributed by atoms with Gasteiger partial charge in [-0.15, -0.1) is 0 Å². The van der Waals surface area contributed by atoms with Crippen LogP contribution in [-0.2, 0) is 27.1 Å². The lowest BCUT2D eigenvalue weighted by atomic mass is 10.4. The monoisotopic (exact) mass is 384 g/mol. The number of aromatic nitrogens is 2. The van der Waals surface area contributed by atoms with Crippen molar-refractivity contribution < 1.29 is 16.8 Å². The molecule has 0 saturated carbocycles. The summed E-state index contributed by atoms with van der Waals surface area (Å²) in [6.45, 7) is 2.16. The summed E-state index contributed by atoms with van der Waals surface area (Å²) in [6.07, 6.45) is 1.33. The van der Waals surface area contributed by atoms with Gasteiger partial charge in [0.25, 0.3) is 0 Å². The molecule has 0 N–H and O–H groups in total. The molecule has 1 fully saturated rings. The second kappa shape index (κ2) is 6.52. The Labute approximate surface area is 147 Å². The van der Waals surface area contributed by atoms with E-state index in [1.165, 1.54) is 31.6 Å². The SMILES string of the molecule is Cc1c(S(=O)(=O)N2CCN(S(=O)(=O)c3ccccc3)CC2)cnn1C. The second-order valence-electron chi connectivity index (χ2n) is 5.84. The smallest absolute Gasteiger partial charge is 0.246 e. The van der Waals surface area contributed by atoms with E-state index in [0.717, 1.165) is 0 Å². The van der Waals surface area contributed by atoms with Gasteiger partial charge in [-0.2, -0.15) is 13.7 Å². The average Bonchev–Trinajstić information content (AvgIpc) is 2.95. The lowest BCUT2D eigenvalue weighted by Crippen LogP contribution is -2.50. The summed E-state index contributed by atoms with van der Waals surface area (Å²) in [5, 5.41) is 3.98. The molecule has 0 amide bonds. The number of rotatable bonds is 4. The number of sulfonamides is 2. The molecule has 8 nitrogen and oxygen atoms in total. The summed E-state index contributed by atoms with van der Waals surface area (Å²) >= 11 is 0. The first-order valence-corrected chi connectivity index (χ1v) is 10.7. The zero-order valence-electron chi connectivity index (χ0n) is 14.0. The fourth-order valence-electron chi connectivity index (χ4n) is 2.76. The Bertz CT molecular complexity index is 960. The van der Waals surface area contributed by atoms with Gasteiger partial charge in [0.05, 0.1) is 16.8 Å². The predicted molar refractivity (Wildman–Crippen MR) is 91.9 cm³/mol. The molecule has 2 aromatic rings. The maximum Gasteiger partial charge on any atom is 0.246 e. The normalized spacial score (nSPS) is 17.7. The van der Waals surface area contributed by atoms with Crippen LogP contribution in [-0.4, -0.2) is 61.4 Å². The van der Waals surface area contributed by atoms with E-state index >= 15 is 0 Å². The molecule has 2 heterocycles. The molecule has 0 spiro atoms. The van der Waals surface area contributed by atoms with Crippen LogP contribution in [0.25, 0.3) is 0 Å². The van der Waals surface area contributed by atoms with E-state index in [-0.39, 0.29) is 36.0 Å². The highest BCUT2D eigenvalue weighted by molar-refractivity contribution is 7.89. The summed E-state index contributed by atoms with van der Waals surface area (Å²) < 4.78 is 54.9. The predicted octanol–water partition coefficient (Wildman–Crippen LogP) is 0.424. The largest absolute Gasteiger partial charge is 0.272 e. The van der Waals surface area contributed by atoms with Crippen molar-refractivity contribution in [2.24, 2.45) is 7.05 Å². The Morgan fingerprint density at radius 2 is 1.40 bits per heavy atom. The van der Waals surface area contributed by atoms with Crippen molar-refractivity contribution in [2.75, 3.05) is 26.2 Å². The van der Waals surface area contributed by atoms with Gasteiger partial charge in [-0.1, -0.05) is 18.2 Å². The van der Waals surface area contributed by atoms with Crippen LogP contribution in [0.3, 0.4) is 0 Å². The van der Waals surface area contributed by atoms with E-state index in [4.69, 9.17) is 0 Å². The number of hydrogen-bond donors (Lipinski definition) is 0. The molecule has 0 radical (unpaired) electrons. The highest BCUT2D eigenvalue weighted by atomic mass is 32.2. The van der Waals surface area contributed by atoms with Crippen molar-refractivity contribution >= 4 is 20.0 Å². The number of nitrogens with zero attached hydrogens (tertiary/aromatic N) is 4. The molecule has 3 rings (SSSR count). The maximum atomic E-state index is 12.8. The lowest BCUT2D eigenvalue weighted by Gasteiger charge is -2.33. The molecule has 25 heavy (non-hydrogen) atoms. The first-order chi connectivity index (χ1) is 11.7. The first kappa shape index (κ1) is 18.1. The van der Waals surface area contributed by atoms with Gasteiger partial charge < -0.3 is 0 Å². The van der Waals surface area contributed by atoms with E-state index in [9.17, 15) is 16.8 Å². The van der Waals surface area contributed by atoms with Crippen LogP contribution in [0.2, 0.25) is 0 Å². The molecule has 1 aliphatic rings. The topological polar surface area (TPSA) is 92.6 Å². The zero-order chi connectivity index (χ0) is 18.2. The number of aryl methyl sites for hydroxylation is 1. The van der Waals surface area contributed by atoms with Crippen LogP contribution in [0.4, 0.5) is 0 Å². The molecule has 1 aromatic carbocycles. The van der Waals surface area contributed by atoms with Gasteiger partial charge >= 0.3 is 0 Å². The molecular formula is C15H20N4O4S2. The summed E-state index contributed by atoms with van der Waals surface area (Å²) in [7, 11) is -5.60. The van der Waals surface area contributed by atoms with Gasteiger partial charge in [0.1, 0.15) is 4.90 Å². The highest BCUT2D eigenvalue weighted by Gasteiger charge is 2.35. The quantitative estimate of drug-likeness (QED) is 0.762. The van der Waals surface area contributed by atoms with Gasteiger partial charge in [0.15, 0.2) is 0 Å². The highest BCUT2D eigenvalue weighted by Crippen LogP contribution is 2.23. The molecule has 0 bridgehead atoms. The number of piperazine rings is 1. The summed E-state index contributed by atoms with van der Waals surface area (Å²) in [6, 6.07) is 8.16. The van der Waals surface area contributed by atoms with Gasteiger partial charge in [-0.3, -0.25) is 4.68 Å². The van der Waals surface area contributed by atoms with Gasteiger partial charge in [-0.05, 0) is 19.1 Å². The molecular weight excluding hydrogens is 364 g/mol. The van der Waals surface area contributed by atoms with Crippen molar-refractivity contribution in [2.45, 2.75) is 16.7 Å². The minimum Gasteiger partial charge on any atom is -0.272 e. The van der Waals surface area contributed by atoms with E-state index in [2.05, 4.69) is 5.10 Å². The molecule has 1 saturated heterocycles. The third-order valence-electron chi connectivity index (χ3n) is 4.39. The average molecular weight is 384 g/mol. The maximum absolute atomic E-state index is 12.8. The minimum absolute atomic E-state index is 0.114.